The summed E-state index contributed by atoms with van der Waals surface area (Å²) in [5.41, 5.74) is 0.128. The van der Waals surface area contributed by atoms with Crippen LogP contribution in [-0.2, 0) is 21.2 Å². The maximum atomic E-state index is 13.8. The molecule has 1 N–H and O–H groups in total. The van der Waals surface area contributed by atoms with E-state index < -0.39 is 27.9 Å². The molecule has 0 aliphatic rings. The molecule has 0 radical (unpaired) electrons. The van der Waals surface area contributed by atoms with Crippen LogP contribution in [-0.4, -0.2) is 36.9 Å². The van der Waals surface area contributed by atoms with E-state index in [0.29, 0.717) is 5.02 Å². The number of carboxylic acid groups (broad SMARTS) is 1. The average Bonchev–Trinajstić information content (AvgIpc) is 2.53. The molecule has 8 heteroatoms. The van der Waals surface area contributed by atoms with Crippen LogP contribution in [0.1, 0.15) is 5.56 Å². The van der Waals surface area contributed by atoms with Crippen LogP contribution in [0.3, 0.4) is 0 Å². The Hall–Kier alpha value is -1.96. The SMILES string of the molecule is CN(C(Cc1ccccc1F)C(=O)O)S(=O)(=O)c1ccc(Cl)cc1. The monoisotopic (exact) mass is 371 g/mol. The molecule has 0 spiro atoms. The number of hydrogen-bond donors (Lipinski definition) is 1. The van der Waals surface area contributed by atoms with Crippen molar-refractivity contribution in [2.24, 2.45) is 0 Å². The van der Waals surface area contributed by atoms with Gasteiger partial charge in [0.25, 0.3) is 0 Å². The van der Waals surface area contributed by atoms with Crippen molar-refractivity contribution in [3.8, 4) is 0 Å². The summed E-state index contributed by atoms with van der Waals surface area (Å²) in [7, 11) is -2.91. The molecule has 2 rings (SSSR count). The number of hydrogen-bond acceptors (Lipinski definition) is 3. The Morgan fingerprint density at radius 2 is 1.79 bits per heavy atom. The topological polar surface area (TPSA) is 74.7 Å². The maximum Gasteiger partial charge on any atom is 0.322 e. The molecule has 0 aliphatic carbocycles. The van der Waals surface area contributed by atoms with E-state index in [4.69, 9.17) is 11.6 Å². The number of halogens is 2. The predicted molar refractivity (Wildman–Crippen MR) is 87.9 cm³/mol. The second-order valence-electron chi connectivity index (χ2n) is 5.12. The first-order valence-electron chi connectivity index (χ1n) is 6.93. The first-order valence-corrected chi connectivity index (χ1v) is 8.75. The van der Waals surface area contributed by atoms with Gasteiger partial charge in [-0.25, -0.2) is 12.8 Å². The first kappa shape index (κ1) is 18.4. The van der Waals surface area contributed by atoms with Crippen LogP contribution < -0.4 is 0 Å². The molecule has 1 unspecified atom stereocenters. The molecule has 24 heavy (non-hydrogen) atoms. The molecule has 0 amide bonds. The Kier molecular flexibility index (Phi) is 5.58. The van der Waals surface area contributed by atoms with Crippen LogP contribution in [0.5, 0.6) is 0 Å². The Labute approximate surface area is 144 Å². The lowest BCUT2D eigenvalue weighted by Crippen LogP contribution is -2.43. The quantitative estimate of drug-likeness (QED) is 0.847. The van der Waals surface area contributed by atoms with E-state index in [9.17, 15) is 22.7 Å². The molecule has 1 atom stereocenters. The summed E-state index contributed by atoms with van der Waals surface area (Å²) < 4.78 is 39.7. The minimum Gasteiger partial charge on any atom is -0.480 e. The van der Waals surface area contributed by atoms with E-state index in [1.165, 1.54) is 42.5 Å². The van der Waals surface area contributed by atoms with Crippen LogP contribution in [0.2, 0.25) is 5.02 Å². The lowest BCUT2D eigenvalue weighted by Gasteiger charge is -2.24. The van der Waals surface area contributed by atoms with Crippen molar-refractivity contribution in [1.82, 2.24) is 4.31 Å². The number of carboxylic acids is 1. The first-order chi connectivity index (χ1) is 11.2. The highest BCUT2D eigenvalue weighted by atomic mass is 35.5. The van der Waals surface area contributed by atoms with Gasteiger partial charge in [-0.2, -0.15) is 4.31 Å². The van der Waals surface area contributed by atoms with Crippen molar-refractivity contribution < 1.29 is 22.7 Å². The Morgan fingerprint density at radius 3 is 2.33 bits per heavy atom. The minimum absolute atomic E-state index is 0.0887. The largest absolute Gasteiger partial charge is 0.480 e. The lowest BCUT2D eigenvalue weighted by atomic mass is 10.1. The standard InChI is InChI=1S/C16H15ClFNO4S/c1-19(24(22,23)13-8-6-12(17)7-9-13)15(16(20)21)10-11-4-2-3-5-14(11)18/h2-9,15H,10H2,1H3,(H,20,21). The van der Waals surface area contributed by atoms with Gasteiger partial charge in [0, 0.05) is 18.5 Å². The summed E-state index contributed by atoms with van der Waals surface area (Å²) in [6.45, 7) is 0. The fourth-order valence-electron chi connectivity index (χ4n) is 2.18. The number of benzene rings is 2. The molecule has 0 bridgehead atoms. The molecule has 5 nitrogen and oxygen atoms in total. The van der Waals surface area contributed by atoms with E-state index in [-0.39, 0.29) is 16.9 Å². The fourth-order valence-corrected chi connectivity index (χ4v) is 3.62. The van der Waals surface area contributed by atoms with Gasteiger partial charge in [0.1, 0.15) is 11.9 Å². The zero-order chi connectivity index (χ0) is 17.9. The molecule has 0 saturated carbocycles. The van der Waals surface area contributed by atoms with Crippen LogP contribution in [0.15, 0.2) is 53.4 Å². The second kappa shape index (κ2) is 7.29. The Balaban J connectivity index is 2.35. The van der Waals surface area contributed by atoms with Crippen molar-refractivity contribution in [3.05, 3.63) is 64.9 Å². The summed E-state index contributed by atoms with van der Waals surface area (Å²) in [5, 5.41) is 9.76. The van der Waals surface area contributed by atoms with Crippen LogP contribution >= 0.6 is 11.6 Å². The molecular formula is C16H15ClFNO4S. The van der Waals surface area contributed by atoms with Crippen molar-refractivity contribution >= 4 is 27.6 Å². The van der Waals surface area contributed by atoms with E-state index in [1.54, 1.807) is 6.07 Å². The molecular weight excluding hydrogens is 357 g/mol. The van der Waals surface area contributed by atoms with E-state index in [2.05, 4.69) is 0 Å². The highest BCUT2D eigenvalue weighted by Gasteiger charge is 2.33. The molecule has 0 aliphatic heterocycles. The molecule has 0 aromatic heterocycles. The summed E-state index contributed by atoms with van der Waals surface area (Å²) in [6.07, 6.45) is -0.286. The van der Waals surface area contributed by atoms with Crippen molar-refractivity contribution in [2.75, 3.05) is 7.05 Å². The van der Waals surface area contributed by atoms with Crippen LogP contribution in [0.4, 0.5) is 4.39 Å². The third kappa shape index (κ3) is 3.92. The Bertz CT molecular complexity index is 839. The van der Waals surface area contributed by atoms with E-state index in [1.807, 2.05) is 0 Å². The predicted octanol–water partition coefficient (Wildman–Crippen LogP) is 2.80. The highest BCUT2D eigenvalue weighted by Crippen LogP contribution is 2.21. The van der Waals surface area contributed by atoms with E-state index >= 15 is 0 Å². The molecule has 0 saturated heterocycles. The average molecular weight is 372 g/mol. The summed E-state index contributed by atoms with van der Waals surface area (Å²) in [5.74, 6) is -1.95. The normalized spacial score (nSPS) is 13.0. The number of carbonyl (C=O) groups is 1. The number of nitrogens with zero attached hydrogens (tertiary/aromatic N) is 1. The highest BCUT2D eigenvalue weighted by molar-refractivity contribution is 7.89. The van der Waals surface area contributed by atoms with Crippen molar-refractivity contribution in [2.45, 2.75) is 17.4 Å². The molecule has 0 fully saturated rings. The van der Waals surface area contributed by atoms with Crippen molar-refractivity contribution in [1.29, 1.82) is 0 Å². The zero-order valence-electron chi connectivity index (χ0n) is 12.7. The maximum absolute atomic E-state index is 13.8. The van der Waals surface area contributed by atoms with Gasteiger partial charge in [0.2, 0.25) is 10.0 Å². The third-order valence-corrected chi connectivity index (χ3v) is 5.72. The summed E-state index contributed by atoms with van der Waals surface area (Å²) >= 11 is 5.73. The van der Waals surface area contributed by atoms with Gasteiger partial charge in [0.15, 0.2) is 0 Å². The lowest BCUT2D eigenvalue weighted by molar-refractivity contribution is -0.141. The fraction of sp³-hybridized carbons (Fsp3) is 0.188. The van der Waals surface area contributed by atoms with Gasteiger partial charge in [-0.3, -0.25) is 4.79 Å². The Morgan fingerprint density at radius 1 is 1.21 bits per heavy atom. The number of likely N-dealkylation sites (N-methyl/N-ethyl adjacent to an activating group) is 1. The molecule has 0 heterocycles. The van der Waals surface area contributed by atoms with Gasteiger partial charge < -0.3 is 5.11 Å². The third-order valence-electron chi connectivity index (χ3n) is 3.59. The van der Waals surface area contributed by atoms with Crippen LogP contribution in [0.25, 0.3) is 0 Å². The number of aliphatic carboxylic acids is 1. The smallest absolute Gasteiger partial charge is 0.322 e. The summed E-state index contributed by atoms with van der Waals surface area (Å²) in [6, 6.07) is 9.59. The van der Waals surface area contributed by atoms with Gasteiger partial charge >= 0.3 is 5.97 Å². The minimum atomic E-state index is -4.06. The van der Waals surface area contributed by atoms with Gasteiger partial charge in [0.05, 0.1) is 4.90 Å². The molecule has 128 valence electrons. The second-order valence-corrected chi connectivity index (χ2v) is 7.56. The summed E-state index contributed by atoms with van der Waals surface area (Å²) in [4.78, 5) is 11.5. The number of rotatable bonds is 6. The van der Waals surface area contributed by atoms with Gasteiger partial charge in [-0.1, -0.05) is 29.8 Å². The molecule has 2 aromatic carbocycles. The van der Waals surface area contributed by atoms with Gasteiger partial charge in [-0.15, -0.1) is 0 Å². The zero-order valence-corrected chi connectivity index (χ0v) is 14.3. The van der Waals surface area contributed by atoms with E-state index in [0.717, 1.165) is 11.4 Å². The number of sulfonamides is 1. The van der Waals surface area contributed by atoms with Gasteiger partial charge in [-0.05, 0) is 35.9 Å². The molecule has 2 aromatic rings. The van der Waals surface area contributed by atoms with Crippen molar-refractivity contribution in [3.63, 3.8) is 0 Å². The van der Waals surface area contributed by atoms with Crippen LogP contribution in [0, 0.1) is 5.82 Å².